The van der Waals surface area contributed by atoms with Crippen LogP contribution in [0.3, 0.4) is 0 Å². The van der Waals surface area contributed by atoms with Crippen LogP contribution in [-0.2, 0) is 4.79 Å². The number of hydrogen-bond donors (Lipinski definition) is 1. The molecule has 3 nitrogen and oxygen atoms in total. The fourth-order valence-corrected chi connectivity index (χ4v) is 2.68. The van der Waals surface area contributed by atoms with Crippen molar-refractivity contribution >= 4 is 35.2 Å². The van der Waals surface area contributed by atoms with Crippen LogP contribution in [-0.4, -0.2) is 30.4 Å². The maximum absolute atomic E-state index is 12.1. The van der Waals surface area contributed by atoms with Crippen LogP contribution in [0.1, 0.15) is 18.4 Å². The van der Waals surface area contributed by atoms with E-state index in [-0.39, 0.29) is 5.91 Å². The number of benzene rings is 1. The average molecular weight is 313 g/mol. The van der Waals surface area contributed by atoms with E-state index in [9.17, 15) is 4.79 Å². The molecule has 1 aliphatic heterocycles. The Bertz CT molecular complexity index is 509. The summed E-state index contributed by atoms with van der Waals surface area (Å²) in [5, 5.41) is 0.963. The largest absolute Gasteiger partial charge is 0.339 e. The molecular formula is C15H18Cl2N2O. The summed E-state index contributed by atoms with van der Waals surface area (Å²) < 4.78 is 0. The number of hydrogen-bond acceptors (Lipinski definition) is 2. The van der Waals surface area contributed by atoms with Crippen molar-refractivity contribution in [2.45, 2.75) is 12.8 Å². The van der Waals surface area contributed by atoms with Gasteiger partial charge in [0.2, 0.25) is 5.91 Å². The van der Waals surface area contributed by atoms with Gasteiger partial charge in [-0.15, -0.1) is 0 Å². The first kappa shape index (κ1) is 15.4. The Labute approximate surface area is 129 Å². The Kier molecular flexibility index (Phi) is 5.46. The summed E-state index contributed by atoms with van der Waals surface area (Å²) in [5.41, 5.74) is 6.40. The number of carbonyl (C=O) groups is 1. The number of nitrogens with zero attached hydrogens (tertiary/aromatic N) is 1. The van der Waals surface area contributed by atoms with Gasteiger partial charge in [0, 0.05) is 19.2 Å². The maximum atomic E-state index is 12.1. The van der Waals surface area contributed by atoms with E-state index in [0.29, 0.717) is 22.5 Å². The minimum atomic E-state index is 0.0107. The molecule has 1 aromatic carbocycles. The predicted molar refractivity (Wildman–Crippen MR) is 83.9 cm³/mol. The minimum absolute atomic E-state index is 0.0107. The van der Waals surface area contributed by atoms with Crippen LogP contribution >= 0.6 is 23.2 Å². The fraction of sp³-hybridized carbons (Fsp3) is 0.400. The second-order valence-corrected chi connectivity index (χ2v) is 5.77. The average Bonchev–Trinajstić information content (AvgIpc) is 2.48. The maximum Gasteiger partial charge on any atom is 0.246 e. The zero-order valence-electron chi connectivity index (χ0n) is 11.2. The first-order valence-electron chi connectivity index (χ1n) is 6.73. The summed E-state index contributed by atoms with van der Waals surface area (Å²) in [5.74, 6) is 0.557. The van der Waals surface area contributed by atoms with Gasteiger partial charge >= 0.3 is 0 Å². The molecule has 20 heavy (non-hydrogen) atoms. The molecule has 1 amide bonds. The zero-order valence-corrected chi connectivity index (χ0v) is 12.7. The van der Waals surface area contributed by atoms with E-state index in [1.54, 1.807) is 18.2 Å². The molecule has 2 rings (SSSR count). The van der Waals surface area contributed by atoms with Crippen LogP contribution in [0.15, 0.2) is 24.3 Å². The number of rotatable bonds is 3. The van der Waals surface area contributed by atoms with Crippen molar-refractivity contribution in [3.05, 3.63) is 39.9 Å². The van der Waals surface area contributed by atoms with E-state index < -0.39 is 0 Å². The van der Waals surface area contributed by atoms with E-state index in [2.05, 4.69) is 0 Å². The van der Waals surface area contributed by atoms with Gasteiger partial charge in [0.15, 0.2) is 0 Å². The molecule has 0 radical (unpaired) electrons. The topological polar surface area (TPSA) is 46.3 Å². The first-order chi connectivity index (χ1) is 9.61. The van der Waals surface area contributed by atoms with Gasteiger partial charge in [-0.1, -0.05) is 35.3 Å². The van der Waals surface area contributed by atoms with Gasteiger partial charge in [0.1, 0.15) is 0 Å². The quantitative estimate of drug-likeness (QED) is 0.871. The van der Waals surface area contributed by atoms with Gasteiger partial charge in [0.05, 0.1) is 10.0 Å². The predicted octanol–water partition coefficient (Wildman–Crippen LogP) is 3.20. The molecule has 0 unspecified atom stereocenters. The summed E-state index contributed by atoms with van der Waals surface area (Å²) in [6.07, 6.45) is 5.23. The highest BCUT2D eigenvalue weighted by atomic mass is 35.5. The van der Waals surface area contributed by atoms with Crippen LogP contribution in [0.25, 0.3) is 6.08 Å². The number of carbonyl (C=O) groups excluding carboxylic acids is 1. The van der Waals surface area contributed by atoms with Crippen LogP contribution < -0.4 is 5.73 Å². The lowest BCUT2D eigenvalue weighted by Crippen LogP contribution is -2.39. The first-order valence-corrected chi connectivity index (χ1v) is 7.48. The van der Waals surface area contributed by atoms with Gasteiger partial charge in [-0.2, -0.15) is 0 Å². The third-order valence-corrected chi connectivity index (χ3v) is 4.48. The number of likely N-dealkylation sites (tertiary alicyclic amines) is 1. The van der Waals surface area contributed by atoms with E-state index in [4.69, 9.17) is 28.9 Å². The Morgan fingerprint density at radius 1 is 1.35 bits per heavy atom. The molecule has 0 saturated carbocycles. The van der Waals surface area contributed by atoms with Gasteiger partial charge in [-0.25, -0.2) is 0 Å². The number of amides is 1. The van der Waals surface area contributed by atoms with Crippen molar-refractivity contribution < 1.29 is 4.79 Å². The van der Waals surface area contributed by atoms with Crippen molar-refractivity contribution in [3.63, 3.8) is 0 Å². The second-order valence-electron chi connectivity index (χ2n) is 4.98. The summed E-state index contributed by atoms with van der Waals surface area (Å²) >= 11 is 12.0. The Balaban J connectivity index is 1.98. The lowest BCUT2D eigenvalue weighted by Gasteiger charge is -2.30. The molecule has 0 spiro atoms. The van der Waals surface area contributed by atoms with Crippen LogP contribution in [0.4, 0.5) is 0 Å². The van der Waals surface area contributed by atoms with E-state index >= 15 is 0 Å². The molecule has 5 heteroatoms. The molecule has 0 atom stereocenters. The highest BCUT2D eigenvalue weighted by molar-refractivity contribution is 6.42. The van der Waals surface area contributed by atoms with Gasteiger partial charge in [0.25, 0.3) is 0 Å². The SMILES string of the molecule is NCC1CCN(C(=O)C=Cc2cccc(Cl)c2Cl)CC1. The van der Waals surface area contributed by atoms with Gasteiger partial charge in [-0.05, 0) is 43.0 Å². The molecule has 1 saturated heterocycles. The van der Waals surface area contributed by atoms with E-state index in [1.807, 2.05) is 17.0 Å². The van der Waals surface area contributed by atoms with Crippen molar-refractivity contribution in [2.24, 2.45) is 11.7 Å². The van der Waals surface area contributed by atoms with Crippen molar-refractivity contribution in [2.75, 3.05) is 19.6 Å². The standard InChI is InChI=1S/C15H18Cl2N2O/c16-13-3-1-2-12(15(13)17)4-5-14(20)19-8-6-11(10-18)7-9-19/h1-5,11H,6-10,18H2. The summed E-state index contributed by atoms with van der Waals surface area (Å²) in [4.78, 5) is 13.9. The van der Waals surface area contributed by atoms with E-state index in [0.717, 1.165) is 31.5 Å². The van der Waals surface area contributed by atoms with Gasteiger partial charge < -0.3 is 10.6 Å². The molecule has 108 valence electrons. The van der Waals surface area contributed by atoms with Crippen LogP contribution in [0.2, 0.25) is 10.0 Å². The zero-order chi connectivity index (χ0) is 14.5. The van der Waals surface area contributed by atoms with Crippen molar-refractivity contribution in [1.29, 1.82) is 0 Å². The number of nitrogens with two attached hydrogens (primary N) is 1. The highest BCUT2D eigenvalue weighted by Gasteiger charge is 2.20. The molecule has 1 fully saturated rings. The monoisotopic (exact) mass is 312 g/mol. The lowest BCUT2D eigenvalue weighted by molar-refractivity contribution is -0.127. The molecule has 1 heterocycles. The van der Waals surface area contributed by atoms with Gasteiger partial charge in [-0.3, -0.25) is 4.79 Å². The van der Waals surface area contributed by atoms with Crippen molar-refractivity contribution in [1.82, 2.24) is 4.90 Å². The molecule has 0 bridgehead atoms. The molecule has 1 aromatic rings. The summed E-state index contributed by atoms with van der Waals surface area (Å²) in [6.45, 7) is 2.25. The summed E-state index contributed by atoms with van der Waals surface area (Å²) in [6, 6.07) is 5.37. The summed E-state index contributed by atoms with van der Waals surface area (Å²) in [7, 11) is 0. The molecule has 2 N–H and O–H groups in total. The minimum Gasteiger partial charge on any atom is -0.339 e. The smallest absolute Gasteiger partial charge is 0.246 e. The third kappa shape index (κ3) is 3.75. The molecular weight excluding hydrogens is 295 g/mol. The Morgan fingerprint density at radius 3 is 2.70 bits per heavy atom. The van der Waals surface area contributed by atoms with E-state index in [1.165, 1.54) is 0 Å². The Hall–Kier alpha value is -1.03. The number of piperidine rings is 1. The van der Waals surface area contributed by atoms with Crippen LogP contribution in [0, 0.1) is 5.92 Å². The Morgan fingerprint density at radius 2 is 2.05 bits per heavy atom. The molecule has 0 aromatic heterocycles. The highest BCUT2D eigenvalue weighted by Crippen LogP contribution is 2.26. The van der Waals surface area contributed by atoms with Crippen molar-refractivity contribution in [3.8, 4) is 0 Å². The molecule has 1 aliphatic rings. The lowest BCUT2D eigenvalue weighted by atomic mass is 9.97. The number of halogens is 2. The molecule has 0 aliphatic carbocycles. The normalized spacial score (nSPS) is 16.9. The van der Waals surface area contributed by atoms with Crippen LogP contribution in [0.5, 0.6) is 0 Å². The second kappa shape index (κ2) is 7.11. The fourth-order valence-electron chi connectivity index (χ4n) is 2.30. The third-order valence-electron chi connectivity index (χ3n) is 3.65.